The first-order valence-corrected chi connectivity index (χ1v) is 13.5. The number of halogens is 4. The van der Waals surface area contributed by atoms with Gasteiger partial charge in [-0.3, -0.25) is 4.79 Å². The quantitative estimate of drug-likeness (QED) is 0.250. The van der Waals surface area contributed by atoms with Crippen LogP contribution < -0.4 is 15.4 Å². The molecule has 8 nitrogen and oxygen atoms in total. The maximum atomic E-state index is 13.4. The molecule has 3 aromatic rings. The molecule has 0 radical (unpaired) electrons. The number of carboxylic acids is 1. The smallest absolute Gasteiger partial charge is 0.417 e. The molecule has 1 atom stereocenters. The van der Waals surface area contributed by atoms with Gasteiger partial charge in [0.25, 0.3) is 0 Å². The summed E-state index contributed by atoms with van der Waals surface area (Å²) in [5.74, 6) is -1.56. The van der Waals surface area contributed by atoms with Gasteiger partial charge in [-0.1, -0.05) is 54.9 Å². The Hall–Kier alpha value is -3.61. The Balaban J connectivity index is 1.78. The van der Waals surface area contributed by atoms with E-state index in [1.165, 1.54) is 0 Å². The Morgan fingerprint density at radius 3 is 2.31 bits per heavy atom. The van der Waals surface area contributed by atoms with Crippen LogP contribution in [0.3, 0.4) is 0 Å². The Morgan fingerprint density at radius 2 is 1.69 bits per heavy atom. The van der Waals surface area contributed by atoms with Gasteiger partial charge < -0.3 is 15.7 Å². The van der Waals surface area contributed by atoms with Crippen LogP contribution in [-0.2, 0) is 27.4 Å². The van der Waals surface area contributed by atoms with Gasteiger partial charge in [0.1, 0.15) is 6.04 Å². The highest BCUT2D eigenvalue weighted by atomic mass is 35.5. The molecule has 0 saturated carbocycles. The molecule has 39 heavy (non-hydrogen) atoms. The van der Waals surface area contributed by atoms with Crippen LogP contribution in [0, 0.1) is 0 Å². The second kappa shape index (κ2) is 12.5. The van der Waals surface area contributed by atoms with E-state index in [0.29, 0.717) is 29.9 Å². The van der Waals surface area contributed by atoms with Crippen LogP contribution in [0.5, 0.6) is 0 Å². The molecule has 0 spiro atoms. The molecule has 0 unspecified atom stereocenters. The minimum atomic E-state index is -5.03. The van der Waals surface area contributed by atoms with Gasteiger partial charge in [0.05, 0.1) is 10.5 Å². The molecule has 4 N–H and O–H groups in total. The first-order chi connectivity index (χ1) is 18.3. The maximum absolute atomic E-state index is 13.4. The van der Waals surface area contributed by atoms with Gasteiger partial charge in [-0.25, -0.2) is 13.2 Å². The van der Waals surface area contributed by atoms with Crippen LogP contribution in [0.25, 0.3) is 11.1 Å². The number of rotatable bonds is 10. The number of amides is 2. The topological polar surface area (TPSA) is 125 Å². The average molecular weight is 584 g/mol. The number of carbonyl (C=O) groups excluding carboxylic acids is 1. The van der Waals surface area contributed by atoms with Gasteiger partial charge in [-0.15, -0.1) is 0 Å². The summed E-state index contributed by atoms with van der Waals surface area (Å²) in [6, 6.07) is 13.6. The molecular weight excluding hydrogens is 559 g/mol. The molecule has 0 aliphatic heterocycles. The van der Waals surface area contributed by atoms with E-state index in [2.05, 4.69) is 10.6 Å². The summed E-state index contributed by atoms with van der Waals surface area (Å²) in [6.45, 7) is 2.46. The average Bonchev–Trinajstić information content (AvgIpc) is 2.87. The van der Waals surface area contributed by atoms with E-state index >= 15 is 0 Å². The molecule has 0 aliphatic rings. The molecule has 2 amide bonds. The molecule has 0 saturated heterocycles. The minimum Gasteiger partial charge on any atom is -0.480 e. The molecule has 3 rings (SSSR count). The molecule has 0 aliphatic carbocycles. The Bertz CT molecular complexity index is 1450. The molecule has 0 heterocycles. The van der Waals surface area contributed by atoms with Crippen molar-refractivity contribution >= 4 is 39.3 Å². The lowest BCUT2D eigenvalue weighted by Gasteiger charge is -2.18. The highest BCUT2D eigenvalue weighted by molar-refractivity contribution is 7.89. The molecule has 0 fully saturated rings. The van der Waals surface area contributed by atoms with Crippen LogP contribution in [0.4, 0.5) is 23.7 Å². The van der Waals surface area contributed by atoms with Crippen molar-refractivity contribution in [3.05, 3.63) is 82.9 Å². The van der Waals surface area contributed by atoms with Crippen molar-refractivity contribution in [2.24, 2.45) is 0 Å². The van der Waals surface area contributed by atoms with E-state index in [9.17, 15) is 36.3 Å². The molecule has 13 heteroatoms. The molecule has 3 aromatic carbocycles. The van der Waals surface area contributed by atoms with Crippen LogP contribution in [0.15, 0.2) is 71.6 Å². The maximum Gasteiger partial charge on any atom is 0.417 e. The Morgan fingerprint density at radius 1 is 1.00 bits per heavy atom. The van der Waals surface area contributed by atoms with E-state index in [1.54, 1.807) is 42.5 Å². The molecule has 0 aromatic heterocycles. The number of anilines is 1. The Kier molecular flexibility index (Phi) is 9.59. The number of urea groups is 1. The van der Waals surface area contributed by atoms with Crippen molar-refractivity contribution in [3.63, 3.8) is 0 Å². The van der Waals surface area contributed by atoms with Crippen molar-refractivity contribution in [2.45, 2.75) is 36.9 Å². The summed E-state index contributed by atoms with van der Waals surface area (Å²) in [7, 11) is -4.88. The van der Waals surface area contributed by atoms with Crippen LogP contribution in [-0.4, -0.2) is 38.1 Å². The van der Waals surface area contributed by atoms with E-state index < -0.39 is 38.7 Å². The zero-order valence-corrected chi connectivity index (χ0v) is 22.1. The first kappa shape index (κ1) is 29.9. The van der Waals surface area contributed by atoms with Gasteiger partial charge in [-0.2, -0.15) is 17.9 Å². The van der Waals surface area contributed by atoms with Gasteiger partial charge >= 0.3 is 18.2 Å². The van der Waals surface area contributed by atoms with Crippen LogP contribution in [0.2, 0.25) is 5.02 Å². The second-order valence-corrected chi connectivity index (χ2v) is 10.6. The SMILES string of the molecule is CCCNC(=O)Nc1cccc(-c2ccc(C[C@H](NS(=O)(=O)c3ccc(Cl)cc3C(F)(F)F)C(=O)O)cc2)c1. The standard InChI is InChI=1S/C26H25ClF3N3O5S/c1-2-12-31-25(36)32-20-5-3-4-18(14-20)17-8-6-16(7-9-17)13-22(24(34)35)33-39(37,38)23-11-10-19(27)15-21(23)26(28,29)30/h3-11,14-15,22,33H,2,12-13H2,1H3,(H,34,35)(H2,31,32,36)/t22-/m0/s1. The zero-order valence-electron chi connectivity index (χ0n) is 20.5. The lowest BCUT2D eigenvalue weighted by atomic mass is 10.0. The van der Waals surface area contributed by atoms with E-state index in [-0.39, 0.29) is 17.5 Å². The zero-order chi connectivity index (χ0) is 28.8. The lowest BCUT2D eigenvalue weighted by molar-refractivity contribution is -0.140. The third-order valence-electron chi connectivity index (χ3n) is 5.52. The summed E-state index contributed by atoms with van der Waals surface area (Å²) >= 11 is 5.61. The normalized spacial score (nSPS) is 12.5. The van der Waals surface area contributed by atoms with E-state index in [1.807, 2.05) is 17.7 Å². The van der Waals surface area contributed by atoms with Gasteiger partial charge in [0, 0.05) is 17.3 Å². The third-order valence-corrected chi connectivity index (χ3v) is 7.28. The van der Waals surface area contributed by atoms with Crippen LogP contribution >= 0.6 is 11.6 Å². The van der Waals surface area contributed by atoms with Crippen molar-refractivity contribution in [3.8, 4) is 11.1 Å². The molecule has 0 bridgehead atoms. The minimum absolute atomic E-state index is 0.322. The fourth-order valence-corrected chi connectivity index (χ4v) is 5.22. The second-order valence-electron chi connectivity index (χ2n) is 8.51. The van der Waals surface area contributed by atoms with Crippen molar-refractivity contribution in [1.29, 1.82) is 0 Å². The van der Waals surface area contributed by atoms with E-state index in [4.69, 9.17) is 11.6 Å². The predicted octanol–water partition coefficient (Wildman–Crippen LogP) is 5.53. The summed E-state index contributed by atoms with van der Waals surface area (Å²) in [5.41, 5.74) is 0.975. The van der Waals surface area contributed by atoms with Crippen molar-refractivity contribution < 1.29 is 36.3 Å². The first-order valence-electron chi connectivity index (χ1n) is 11.7. The van der Waals surface area contributed by atoms with Crippen molar-refractivity contribution in [1.82, 2.24) is 10.0 Å². The fraction of sp³-hybridized carbons (Fsp3) is 0.231. The summed E-state index contributed by atoms with van der Waals surface area (Å²) in [4.78, 5) is 22.6. The van der Waals surface area contributed by atoms with Crippen LogP contribution in [0.1, 0.15) is 24.5 Å². The van der Waals surface area contributed by atoms with Gasteiger partial charge in [-0.05, 0) is 59.9 Å². The molecular formula is C26H25ClF3N3O5S. The fourth-order valence-electron chi connectivity index (χ4n) is 3.65. The third kappa shape index (κ3) is 8.19. The van der Waals surface area contributed by atoms with Gasteiger partial charge in [0.15, 0.2) is 0 Å². The summed E-state index contributed by atoms with van der Waals surface area (Å²) in [6.07, 6.45) is -4.57. The number of hydrogen-bond acceptors (Lipinski definition) is 4. The highest BCUT2D eigenvalue weighted by Crippen LogP contribution is 2.36. The number of sulfonamides is 1. The molecule has 208 valence electrons. The number of aliphatic carboxylic acids is 1. The summed E-state index contributed by atoms with van der Waals surface area (Å²) < 4.78 is 67.7. The number of benzene rings is 3. The lowest BCUT2D eigenvalue weighted by Crippen LogP contribution is -2.42. The number of carbonyl (C=O) groups is 2. The monoisotopic (exact) mass is 583 g/mol. The predicted molar refractivity (Wildman–Crippen MR) is 141 cm³/mol. The number of alkyl halides is 3. The Labute approximate surface area is 228 Å². The van der Waals surface area contributed by atoms with Crippen molar-refractivity contribution in [2.75, 3.05) is 11.9 Å². The van der Waals surface area contributed by atoms with E-state index in [0.717, 1.165) is 23.6 Å². The number of carboxylic acid groups (broad SMARTS) is 1. The largest absolute Gasteiger partial charge is 0.480 e. The number of hydrogen-bond donors (Lipinski definition) is 4. The summed E-state index contributed by atoms with van der Waals surface area (Å²) in [5, 5.41) is 14.7. The number of nitrogens with one attached hydrogen (secondary N) is 3. The van der Waals surface area contributed by atoms with Gasteiger partial charge in [0.2, 0.25) is 10.0 Å². The highest BCUT2D eigenvalue weighted by Gasteiger charge is 2.38.